The van der Waals surface area contributed by atoms with E-state index in [0.717, 1.165) is 22.6 Å². The van der Waals surface area contributed by atoms with Gasteiger partial charge in [0.05, 0.1) is 26.3 Å². The molecule has 0 fully saturated rings. The molecular weight excluding hydrogens is 430 g/mol. The van der Waals surface area contributed by atoms with Gasteiger partial charge in [-0.15, -0.1) is 0 Å². The molecule has 1 aliphatic rings. The van der Waals surface area contributed by atoms with Crippen LogP contribution in [-0.4, -0.2) is 30.9 Å². The number of carbonyl (C=O) groups is 2. The molecule has 168 valence electrons. The topological polar surface area (TPSA) is 67.9 Å². The minimum atomic E-state index is -1.08. The lowest BCUT2D eigenvalue weighted by atomic mass is 10.0. The summed E-state index contributed by atoms with van der Waals surface area (Å²) in [5, 5.41) is 2.81. The molecule has 33 heavy (non-hydrogen) atoms. The molecule has 0 atom stereocenters. The van der Waals surface area contributed by atoms with Crippen LogP contribution in [0.2, 0.25) is 0 Å². The van der Waals surface area contributed by atoms with Crippen LogP contribution < -0.4 is 14.8 Å². The second-order valence-electron chi connectivity index (χ2n) is 7.26. The molecule has 3 aromatic carbocycles. The van der Waals surface area contributed by atoms with Gasteiger partial charge in [0.25, 0.3) is 11.8 Å². The number of hydrogen-bond donors (Lipinski definition) is 1. The molecule has 6 nitrogen and oxygen atoms in total. The van der Waals surface area contributed by atoms with E-state index in [1.165, 1.54) is 20.3 Å². The van der Waals surface area contributed by atoms with Crippen molar-refractivity contribution in [2.75, 3.05) is 19.5 Å². The smallest absolute Gasteiger partial charge is 0.278 e. The lowest BCUT2D eigenvalue weighted by molar-refractivity contribution is -0.137. The van der Waals surface area contributed by atoms with Crippen molar-refractivity contribution in [3.05, 3.63) is 95.2 Å². The Labute approximate surface area is 189 Å². The first-order valence-corrected chi connectivity index (χ1v) is 10.0. The van der Waals surface area contributed by atoms with Gasteiger partial charge in [-0.1, -0.05) is 36.4 Å². The highest BCUT2D eigenvalue weighted by Gasteiger charge is 2.39. The number of imide groups is 1. The minimum absolute atomic E-state index is 0.0471. The van der Waals surface area contributed by atoms with E-state index in [4.69, 9.17) is 9.47 Å². The van der Waals surface area contributed by atoms with Crippen LogP contribution >= 0.6 is 0 Å². The average Bonchev–Trinajstić information content (AvgIpc) is 3.05. The average molecular weight is 450 g/mol. The van der Waals surface area contributed by atoms with Crippen LogP contribution in [0.5, 0.6) is 11.5 Å². The molecule has 1 heterocycles. The first-order valence-electron chi connectivity index (χ1n) is 10.0. The van der Waals surface area contributed by atoms with Crippen LogP contribution in [-0.2, 0) is 16.1 Å². The number of benzene rings is 3. The fraction of sp³-hybridized carbons (Fsp3) is 0.120. The van der Waals surface area contributed by atoms with Crippen LogP contribution in [0.4, 0.5) is 14.5 Å². The molecule has 3 aromatic rings. The molecular formula is C25H20F2N2O4. The Bertz CT molecular complexity index is 1260. The van der Waals surface area contributed by atoms with Crippen molar-refractivity contribution < 1.29 is 27.8 Å². The van der Waals surface area contributed by atoms with Gasteiger partial charge >= 0.3 is 0 Å². The number of hydrogen-bond acceptors (Lipinski definition) is 5. The van der Waals surface area contributed by atoms with Crippen molar-refractivity contribution in [2.24, 2.45) is 0 Å². The fourth-order valence-electron chi connectivity index (χ4n) is 3.58. The maximum atomic E-state index is 13.8. The highest BCUT2D eigenvalue weighted by atomic mass is 19.2. The van der Waals surface area contributed by atoms with E-state index in [9.17, 15) is 18.4 Å². The summed E-state index contributed by atoms with van der Waals surface area (Å²) < 4.78 is 37.7. The monoisotopic (exact) mass is 450 g/mol. The van der Waals surface area contributed by atoms with Crippen molar-refractivity contribution in [3.8, 4) is 11.5 Å². The molecule has 0 aromatic heterocycles. The first kappa shape index (κ1) is 22.0. The summed E-state index contributed by atoms with van der Waals surface area (Å²) in [7, 11) is 2.94. The Morgan fingerprint density at radius 3 is 2.21 bits per heavy atom. The van der Waals surface area contributed by atoms with Crippen molar-refractivity contribution >= 4 is 23.1 Å². The van der Waals surface area contributed by atoms with Gasteiger partial charge in [-0.05, 0) is 35.4 Å². The fourth-order valence-corrected chi connectivity index (χ4v) is 3.58. The standard InChI is InChI=1S/C25H20F2N2O4/c1-32-20-11-8-16(12-21(20)33-2)22-23(28-17-9-10-18(26)19(27)13-17)25(31)29(24(22)30)14-15-6-4-3-5-7-15/h3-13,28H,14H2,1-2H3. The zero-order valence-electron chi connectivity index (χ0n) is 17.9. The SMILES string of the molecule is COc1ccc(C2=C(Nc3ccc(F)c(F)c3)C(=O)N(Cc3ccccc3)C2=O)cc1OC. The maximum Gasteiger partial charge on any atom is 0.278 e. The third-order valence-electron chi connectivity index (χ3n) is 5.21. The lowest BCUT2D eigenvalue weighted by Crippen LogP contribution is -2.32. The van der Waals surface area contributed by atoms with Gasteiger partial charge < -0.3 is 14.8 Å². The van der Waals surface area contributed by atoms with Gasteiger partial charge in [0.2, 0.25) is 0 Å². The Morgan fingerprint density at radius 2 is 1.55 bits per heavy atom. The van der Waals surface area contributed by atoms with Gasteiger partial charge in [0, 0.05) is 11.8 Å². The molecule has 1 aliphatic heterocycles. The summed E-state index contributed by atoms with van der Waals surface area (Å²) >= 11 is 0. The number of halogens is 2. The van der Waals surface area contributed by atoms with Crippen LogP contribution in [0, 0.1) is 11.6 Å². The van der Waals surface area contributed by atoms with Gasteiger partial charge in [0.15, 0.2) is 23.1 Å². The first-order chi connectivity index (χ1) is 15.9. The number of nitrogens with zero attached hydrogens (tertiary/aromatic N) is 1. The molecule has 0 aliphatic carbocycles. The maximum absolute atomic E-state index is 13.8. The van der Waals surface area contributed by atoms with E-state index in [1.807, 2.05) is 18.2 Å². The Balaban J connectivity index is 1.79. The molecule has 2 amide bonds. The Hall–Kier alpha value is -4.20. The molecule has 0 saturated heterocycles. The van der Waals surface area contributed by atoms with E-state index < -0.39 is 23.4 Å². The molecule has 0 unspecified atom stereocenters. The number of carbonyl (C=O) groups excluding carboxylic acids is 2. The highest BCUT2D eigenvalue weighted by molar-refractivity contribution is 6.36. The largest absolute Gasteiger partial charge is 0.493 e. The quantitative estimate of drug-likeness (QED) is 0.542. The van der Waals surface area contributed by atoms with Crippen LogP contribution in [0.1, 0.15) is 11.1 Å². The van der Waals surface area contributed by atoms with E-state index in [-0.39, 0.29) is 23.5 Å². The summed E-state index contributed by atoms with van der Waals surface area (Å²) in [6, 6.07) is 17.0. The minimum Gasteiger partial charge on any atom is -0.493 e. The van der Waals surface area contributed by atoms with Gasteiger partial charge in [-0.2, -0.15) is 0 Å². The number of rotatable bonds is 7. The second kappa shape index (κ2) is 9.12. The number of anilines is 1. The molecule has 4 rings (SSSR count). The summed E-state index contributed by atoms with van der Waals surface area (Å²) in [4.78, 5) is 27.8. The van der Waals surface area contributed by atoms with Crippen molar-refractivity contribution in [1.29, 1.82) is 0 Å². The predicted molar refractivity (Wildman–Crippen MR) is 118 cm³/mol. The van der Waals surface area contributed by atoms with E-state index in [0.29, 0.717) is 17.1 Å². The molecule has 0 saturated carbocycles. The lowest BCUT2D eigenvalue weighted by Gasteiger charge is -2.15. The van der Waals surface area contributed by atoms with Crippen molar-refractivity contribution in [3.63, 3.8) is 0 Å². The second-order valence-corrected chi connectivity index (χ2v) is 7.26. The van der Waals surface area contributed by atoms with Gasteiger partial charge in [0.1, 0.15) is 5.70 Å². The van der Waals surface area contributed by atoms with Gasteiger partial charge in [-0.25, -0.2) is 8.78 Å². The van der Waals surface area contributed by atoms with Crippen LogP contribution in [0.15, 0.2) is 72.4 Å². The molecule has 0 bridgehead atoms. The van der Waals surface area contributed by atoms with Crippen LogP contribution in [0.3, 0.4) is 0 Å². The zero-order chi connectivity index (χ0) is 23.5. The van der Waals surface area contributed by atoms with E-state index >= 15 is 0 Å². The van der Waals surface area contributed by atoms with Gasteiger partial charge in [-0.3, -0.25) is 14.5 Å². The highest BCUT2D eigenvalue weighted by Crippen LogP contribution is 2.36. The third kappa shape index (κ3) is 4.27. The number of methoxy groups -OCH3 is 2. The Kier molecular flexibility index (Phi) is 6.08. The van der Waals surface area contributed by atoms with E-state index in [1.54, 1.807) is 30.3 Å². The zero-order valence-corrected chi connectivity index (χ0v) is 17.9. The summed E-state index contributed by atoms with van der Waals surface area (Å²) in [6.45, 7) is 0.0538. The number of nitrogens with one attached hydrogen (secondary N) is 1. The molecule has 0 spiro atoms. The summed E-state index contributed by atoms with van der Waals surface area (Å²) in [5.74, 6) is -2.38. The normalized spacial score (nSPS) is 13.5. The molecule has 1 N–H and O–H groups in total. The number of ether oxygens (including phenoxy) is 2. The molecule has 8 heteroatoms. The summed E-state index contributed by atoms with van der Waals surface area (Å²) in [6.07, 6.45) is 0. The molecule has 0 radical (unpaired) electrons. The number of amides is 2. The predicted octanol–water partition coefficient (Wildman–Crippen LogP) is 4.37. The van der Waals surface area contributed by atoms with E-state index in [2.05, 4.69) is 5.32 Å². The summed E-state index contributed by atoms with van der Waals surface area (Å²) in [5.41, 5.74) is 1.34. The Morgan fingerprint density at radius 1 is 0.818 bits per heavy atom. The van der Waals surface area contributed by atoms with Crippen molar-refractivity contribution in [2.45, 2.75) is 6.54 Å². The third-order valence-corrected chi connectivity index (χ3v) is 5.21. The van der Waals surface area contributed by atoms with Crippen molar-refractivity contribution in [1.82, 2.24) is 4.90 Å². The van der Waals surface area contributed by atoms with Crippen LogP contribution in [0.25, 0.3) is 5.57 Å².